The average Bonchev–Trinajstić information content (AvgIpc) is 3.59. The lowest BCUT2D eigenvalue weighted by Crippen LogP contribution is -2.48. The fourth-order valence-electron chi connectivity index (χ4n) is 8.55. The Labute approximate surface area is 291 Å². The standard InChI is InChI=1S/C36H45IN4O5S/c1-21(2)47(44,45)39-34(42)23-10-13-27-30(16-23)40-20-36(35(43)41-24(19-38-3)11-15-31(41)37)18-29(36)28-17-25(46-4)12-14-26(28)33(40)32(27)22-8-6-5-7-9-22/h10,12-14,16-17,21-22,24,29,31,38H,5-9,11,15,18-20H2,1-4H3,(H,39,42). The smallest absolute Gasteiger partial charge is 0.264 e. The predicted molar refractivity (Wildman–Crippen MR) is 193 cm³/mol. The van der Waals surface area contributed by atoms with E-state index >= 15 is 0 Å². The van der Waals surface area contributed by atoms with Gasteiger partial charge in [0.2, 0.25) is 15.9 Å². The van der Waals surface area contributed by atoms with Gasteiger partial charge in [-0.2, -0.15) is 0 Å². The lowest BCUT2D eigenvalue weighted by molar-refractivity contribution is -0.138. The van der Waals surface area contributed by atoms with Gasteiger partial charge in [0.25, 0.3) is 5.91 Å². The van der Waals surface area contributed by atoms with Crippen LogP contribution < -0.4 is 14.8 Å². The van der Waals surface area contributed by atoms with E-state index in [-0.39, 0.29) is 21.9 Å². The Hall–Kier alpha value is -2.64. The normalized spacial score (nSPS) is 25.7. The van der Waals surface area contributed by atoms with Crippen molar-refractivity contribution < 1.29 is 22.7 Å². The lowest BCUT2D eigenvalue weighted by atomic mass is 9.81. The molecule has 2 saturated carbocycles. The summed E-state index contributed by atoms with van der Waals surface area (Å²) in [6, 6.07) is 12.1. The second kappa shape index (κ2) is 12.4. The second-order valence-electron chi connectivity index (χ2n) is 14.2. The molecule has 3 heterocycles. The Kier molecular flexibility index (Phi) is 8.64. The zero-order valence-corrected chi connectivity index (χ0v) is 30.6. The van der Waals surface area contributed by atoms with Gasteiger partial charge < -0.3 is 19.5 Å². The highest BCUT2D eigenvalue weighted by molar-refractivity contribution is 14.1. The summed E-state index contributed by atoms with van der Waals surface area (Å²) in [5.74, 6) is 0.767. The lowest BCUT2D eigenvalue weighted by Gasteiger charge is -2.32. The minimum absolute atomic E-state index is 0.0522. The van der Waals surface area contributed by atoms with Crippen LogP contribution in [0.15, 0.2) is 36.4 Å². The van der Waals surface area contributed by atoms with Crippen molar-refractivity contribution in [1.29, 1.82) is 0 Å². The van der Waals surface area contributed by atoms with E-state index in [4.69, 9.17) is 4.74 Å². The van der Waals surface area contributed by atoms with Crippen molar-refractivity contribution in [1.82, 2.24) is 19.5 Å². The number of nitrogens with one attached hydrogen (secondary N) is 2. The first kappa shape index (κ1) is 32.9. The number of hydrogen-bond donors (Lipinski definition) is 2. The number of halogens is 1. The van der Waals surface area contributed by atoms with Crippen molar-refractivity contribution in [3.8, 4) is 17.0 Å². The first-order chi connectivity index (χ1) is 22.5. The summed E-state index contributed by atoms with van der Waals surface area (Å²) in [4.78, 5) is 30.5. The zero-order valence-electron chi connectivity index (χ0n) is 27.6. The summed E-state index contributed by atoms with van der Waals surface area (Å²) >= 11 is 2.44. The quantitative estimate of drug-likeness (QED) is 0.158. The summed E-state index contributed by atoms with van der Waals surface area (Å²) in [6.45, 7) is 4.38. The number of alkyl halides is 1. The number of hydrogen-bond acceptors (Lipinski definition) is 6. The van der Waals surface area contributed by atoms with Gasteiger partial charge in [-0.25, -0.2) is 13.1 Å². The Bertz CT molecular complexity index is 1850. The molecule has 11 heteroatoms. The maximum absolute atomic E-state index is 14.9. The highest BCUT2D eigenvalue weighted by Crippen LogP contribution is 2.66. The van der Waals surface area contributed by atoms with Crippen LogP contribution in [0.5, 0.6) is 5.75 Å². The molecule has 4 unspecified atom stereocenters. The Balaban J connectivity index is 1.44. The van der Waals surface area contributed by atoms with Crippen LogP contribution in [0, 0.1) is 5.41 Å². The van der Waals surface area contributed by atoms with Crippen LogP contribution in [0.2, 0.25) is 0 Å². The number of aromatic nitrogens is 1. The van der Waals surface area contributed by atoms with Gasteiger partial charge in [-0.15, -0.1) is 0 Å². The summed E-state index contributed by atoms with van der Waals surface area (Å²) in [6.07, 6.45) is 8.47. The monoisotopic (exact) mass is 772 g/mol. The van der Waals surface area contributed by atoms with E-state index in [9.17, 15) is 18.0 Å². The molecule has 2 aliphatic carbocycles. The van der Waals surface area contributed by atoms with Gasteiger partial charge in [0.15, 0.2) is 0 Å². The summed E-state index contributed by atoms with van der Waals surface area (Å²) in [5, 5.41) is 3.66. The fraction of sp³-hybridized carbons (Fsp3) is 0.556. The topological polar surface area (TPSA) is 110 Å². The molecule has 3 fully saturated rings. The Morgan fingerprint density at radius 1 is 1.06 bits per heavy atom. The molecular weight excluding hydrogens is 727 g/mol. The zero-order chi connectivity index (χ0) is 33.2. The number of likely N-dealkylation sites (tertiary alicyclic amines) is 1. The van der Waals surface area contributed by atoms with Gasteiger partial charge in [0.05, 0.1) is 27.5 Å². The van der Waals surface area contributed by atoms with Crippen molar-refractivity contribution in [3.05, 3.63) is 53.1 Å². The third kappa shape index (κ3) is 5.48. The highest BCUT2D eigenvalue weighted by Gasteiger charge is 2.65. The minimum atomic E-state index is -3.80. The molecule has 47 heavy (non-hydrogen) atoms. The first-order valence-electron chi connectivity index (χ1n) is 17.0. The van der Waals surface area contributed by atoms with Crippen molar-refractivity contribution in [3.63, 3.8) is 0 Å². The minimum Gasteiger partial charge on any atom is -0.497 e. The fourth-order valence-corrected chi connectivity index (χ4v) is 10.2. The van der Waals surface area contributed by atoms with Gasteiger partial charge in [0, 0.05) is 47.1 Å². The molecule has 252 valence electrons. The number of likely N-dealkylation sites (N-methyl/N-ethyl adjacent to an activating group) is 1. The van der Waals surface area contributed by atoms with E-state index in [1.165, 1.54) is 24.8 Å². The van der Waals surface area contributed by atoms with Crippen LogP contribution in [0.3, 0.4) is 0 Å². The van der Waals surface area contributed by atoms with Gasteiger partial charge in [0.1, 0.15) is 5.75 Å². The third-order valence-electron chi connectivity index (χ3n) is 11.2. The average molecular weight is 773 g/mol. The maximum atomic E-state index is 14.9. The summed E-state index contributed by atoms with van der Waals surface area (Å²) in [7, 11) is -0.170. The molecule has 2 aliphatic heterocycles. The molecular formula is C36H45IN4O5S. The molecule has 0 spiro atoms. The maximum Gasteiger partial charge on any atom is 0.264 e. The Morgan fingerprint density at radius 2 is 1.83 bits per heavy atom. The van der Waals surface area contributed by atoms with Crippen molar-refractivity contribution in [2.45, 2.75) is 98.9 Å². The molecule has 7 rings (SSSR count). The van der Waals surface area contributed by atoms with Gasteiger partial charge in [-0.1, -0.05) is 47.9 Å². The number of methoxy groups -OCH3 is 1. The molecule has 4 atom stereocenters. The molecule has 1 saturated heterocycles. The van der Waals surface area contributed by atoms with Crippen LogP contribution in [0.1, 0.15) is 98.5 Å². The van der Waals surface area contributed by atoms with Crippen LogP contribution in [-0.2, 0) is 21.4 Å². The molecule has 2 aromatic carbocycles. The molecule has 3 aromatic rings. The van der Waals surface area contributed by atoms with Crippen LogP contribution in [0.4, 0.5) is 0 Å². The van der Waals surface area contributed by atoms with E-state index in [2.05, 4.69) is 54.2 Å². The molecule has 2 amide bonds. The van der Waals surface area contributed by atoms with Crippen molar-refractivity contribution >= 4 is 55.3 Å². The number of benzene rings is 2. The van der Waals surface area contributed by atoms with E-state index in [0.717, 1.165) is 72.1 Å². The number of fused-ring (bicyclic) bond motifs is 7. The molecule has 0 bridgehead atoms. The molecule has 2 N–H and O–H groups in total. The SMILES string of the molecule is CNCC1CCC(I)N1C(=O)C12CC1c1cc(OC)ccc1-c1c(C3CCCCC3)c3ccc(C(=O)NS(=O)(=O)C(C)C)cc3n1C2. The largest absolute Gasteiger partial charge is 0.497 e. The number of ether oxygens (including phenoxy) is 1. The third-order valence-corrected chi connectivity index (χ3v) is 14.1. The van der Waals surface area contributed by atoms with E-state index in [1.807, 2.05) is 25.2 Å². The van der Waals surface area contributed by atoms with Gasteiger partial charge in [-0.05, 0) is 100 Å². The number of carbonyl (C=O) groups excluding carboxylic acids is 2. The molecule has 9 nitrogen and oxygen atoms in total. The second-order valence-corrected chi connectivity index (χ2v) is 17.9. The van der Waals surface area contributed by atoms with Crippen LogP contribution in [-0.4, -0.2) is 65.7 Å². The summed E-state index contributed by atoms with van der Waals surface area (Å²) < 4.78 is 35.8. The molecule has 4 aliphatic rings. The number of carbonyl (C=O) groups is 2. The van der Waals surface area contributed by atoms with E-state index in [0.29, 0.717) is 18.0 Å². The predicted octanol–water partition coefficient (Wildman–Crippen LogP) is 6.29. The van der Waals surface area contributed by atoms with Crippen molar-refractivity contribution in [2.24, 2.45) is 5.41 Å². The number of amides is 2. The number of rotatable bonds is 8. The number of sulfonamides is 1. The first-order valence-corrected chi connectivity index (χ1v) is 19.8. The van der Waals surface area contributed by atoms with E-state index in [1.54, 1.807) is 27.0 Å². The molecule has 0 radical (unpaired) electrons. The number of nitrogens with zero attached hydrogens (tertiary/aromatic N) is 2. The van der Waals surface area contributed by atoms with Crippen molar-refractivity contribution in [2.75, 3.05) is 20.7 Å². The molecule has 1 aromatic heterocycles. The van der Waals surface area contributed by atoms with Crippen LogP contribution in [0.25, 0.3) is 22.2 Å². The van der Waals surface area contributed by atoms with Crippen LogP contribution >= 0.6 is 22.6 Å². The summed E-state index contributed by atoms with van der Waals surface area (Å²) in [5.41, 5.74) is 5.27. The van der Waals surface area contributed by atoms with E-state index < -0.39 is 26.6 Å². The Morgan fingerprint density at radius 3 is 2.53 bits per heavy atom. The van der Waals surface area contributed by atoms with Gasteiger partial charge >= 0.3 is 0 Å². The highest BCUT2D eigenvalue weighted by atomic mass is 127. The van der Waals surface area contributed by atoms with Gasteiger partial charge in [-0.3, -0.25) is 9.59 Å².